The van der Waals surface area contributed by atoms with Crippen LogP contribution >= 0.6 is 11.6 Å². The maximum Gasteiger partial charge on any atom is 0.242 e. The Kier molecular flexibility index (Phi) is 4.42. The average molecular weight is 276 g/mol. The fourth-order valence-corrected chi connectivity index (χ4v) is 1.89. The number of rotatable bonds is 4. The third kappa shape index (κ3) is 3.73. The SMILES string of the molecule is O=C(NCc1ccc(O)cc1)C(Cl)c1ccccc1. The van der Waals surface area contributed by atoms with Crippen LogP contribution in [0.15, 0.2) is 54.6 Å². The smallest absolute Gasteiger partial charge is 0.242 e. The second-order valence-electron chi connectivity index (χ2n) is 4.16. The lowest BCUT2D eigenvalue weighted by molar-refractivity contribution is -0.121. The number of halogens is 1. The van der Waals surface area contributed by atoms with Crippen molar-refractivity contribution >= 4 is 17.5 Å². The lowest BCUT2D eigenvalue weighted by Gasteiger charge is -2.10. The van der Waals surface area contributed by atoms with Crippen molar-refractivity contribution in [2.75, 3.05) is 0 Å². The maximum absolute atomic E-state index is 11.9. The summed E-state index contributed by atoms with van der Waals surface area (Å²) < 4.78 is 0. The van der Waals surface area contributed by atoms with Gasteiger partial charge in [0, 0.05) is 6.54 Å². The van der Waals surface area contributed by atoms with Gasteiger partial charge in [0.05, 0.1) is 0 Å². The predicted molar refractivity (Wildman–Crippen MR) is 75.0 cm³/mol. The van der Waals surface area contributed by atoms with Gasteiger partial charge >= 0.3 is 0 Å². The fourth-order valence-electron chi connectivity index (χ4n) is 1.67. The van der Waals surface area contributed by atoms with Crippen molar-refractivity contribution in [2.24, 2.45) is 0 Å². The quantitative estimate of drug-likeness (QED) is 0.843. The van der Waals surface area contributed by atoms with E-state index in [0.29, 0.717) is 6.54 Å². The van der Waals surface area contributed by atoms with Gasteiger partial charge in [0.25, 0.3) is 0 Å². The van der Waals surface area contributed by atoms with Crippen LogP contribution in [0.5, 0.6) is 5.75 Å². The van der Waals surface area contributed by atoms with E-state index in [1.165, 1.54) is 0 Å². The van der Waals surface area contributed by atoms with Gasteiger partial charge in [-0.1, -0.05) is 42.5 Å². The Morgan fingerprint density at radius 3 is 2.37 bits per heavy atom. The van der Waals surface area contributed by atoms with Gasteiger partial charge < -0.3 is 10.4 Å². The van der Waals surface area contributed by atoms with Gasteiger partial charge in [-0.25, -0.2) is 0 Å². The van der Waals surface area contributed by atoms with E-state index in [4.69, 9.17) is 16.7 Å². The first kappa shape index (κ1) is 13.4. The lowest BCUT2D eigenvalue weighted by Crippen LogP contribution is -2.26. The van der Waals surface area contributed by atoms with Crippen molar-refractivity contribution in [1.29, 1.82) is 0 Å². The van der Waals surface area contributed by atoms with Crippen LogP contribution in [0.1, 0.15) is 16.5 Å². The zero-order valence-electron chi connectivity index (χ0n) is 10.2. The minimum absolute atomic E-state index is 0.203. The number of amides is 1. The summed E-state index contributed by atoms with van der Waals surface area (Å²) in [6.45, 7) is 0.384. The van der Waals surface area contributed by atoms with E-state index in [0.717, 1.165) is 11.1 Å². The summed E-state index contributed by atoms with van der Waals surface area (Å²) in [5.74, 6) is -0.0319. The monoisotopic (exact) mass is 275 g/mol. The minimum atomic E-state index is -0.696. The molecule has 0 saturated carbocycles. The van der Waals surface area contributed by atoms with E-state index in [9.17, 15) is 4.79 Å². The third-order valence-corrected chi connectivity index (χ3v) is 3.18. The normalized spacial score (nSPS) is 11.8. The number of nitrogens with one attached hydrogen (secondary N) is 1. The van der Waals surface area contributed by atoms with E-state index < -0.39 is 5.38 Å². The Morgan fingerprint density at radius 1 is 1.11 bits per heavy atom. The molecule has 2 N–H and O–H groups in total. The second-order valence-corrected chi connectivity index (χ2v) is 4.59. The largest absolute Gasteiger partial charge is 0.508 e. The molecule has 0 aliphatic heterocycles. The highest BCUT2D eigenvalue weighted by Gasteiger charge is 2.16. The van der Waals surface area contributed by atoms with Gasteiger partial charge in [-0.3, -0.25) is 4.79 Å². The summed E-state index contributed by atoms with van der Waals surface area (Å²) in [5.41, 5.74) is 1.68. The summed E-state index contributed by atoms with van der Waals surface area (Å²) in [6, 6.07) is 15.9. The molecule has 4 heteroatoms. The number of aromatic hydroxyl groups is 1. The number of carbonyl (C=O) groups excluding carboxylic acids is 1. The van der Waals surface area contributed by atoms with Gasteiger partial charge in [0.1, 0.15) is 11.1 Å². The van der Waals surface area contributed by atoms with Gasteiger partial charge in [0.2, 0.25) is 5.91 Å². The molecule has 3 nitrogen and oxygen atoms in total. The van der Waals surface area contributed by atoms with Crippen LogP contribution in [0.3, 0.4) is 0 Å². The molecule has 98 valence electrons. The third-order valence-electron chi connectivity index (χ3n) is 2.73. The molecule has 1 unspecified atom stereocenters. The number of phenols is 1. The molecule has 0 aliphatic carbocycles. The minimum Gasteiger partial charge on any atom is -0.508 e. The number of alkyl halides is 1. The zero-order valence-corrected chi connectivity index (χ0v) is 11.0. The lowest BCUT2D eigenvalue weighted by atomic mass is 10.1. The van der Waals surface area contributed by atoms with Crippen LogP contribution < -0.4 is 5.32 Å². The Balaban J connectivity index is 1.93. The van der Waals surface area contributed by atoms with Crippen molar-refractivity contribution in [3.8, 4) is 5.75 Å². The molecule has 0 spiro atoms. The molecule has 0 saturated heterocycles. The van der Waals surface area contributed by atoms with Crippen LogP contribution in [0, 0.1) is 0 Å². The molecule has 0 aromatic heterocycles. The Bertz CT molecular complexity index is 540. The van der Waals surface area contributed by atoms with Crippen molar-refractivity contribution in [1.82, 2.24) is 5.32 Å². The van der Waals surface area contributed by atoms with Gasteiger partial charge in [0.15, 0.2) is 0 Å². The van der Waals surface area contributed by atoms with Gasteiger partial charge in [-0.2, -0.15) is 0 Å². The molecule has 0 bridgehead atoms. The Hall–Kier alpha value is -2.00. The van der Waals surface area contributed by atoms with Crippen molar-refractivity contribution in [2.45, 2.75) is 11.9 Å². The maximum atomic E-state index is 11.9. The number of carbonyl (C=O) groups is 1. The average Bonchev–Trinajstić information content (AvgIpc) is 2.46. The van der Waals surface area contributed by atoms with E-state index >= 15 is 0 Å². The predicted octanol–water partition coefficient (Wildman–Crippen LogP) is 2.99. The topological polar surface area (TPSA) is 49.3 Å². The van der Waals surface area contributed by atoms with E-state index in [1.54, 1.807) is 24.3 Å². The molecule has 2 aromatic carbocycles. The highest BCUT2D eigenvalue weighted by Crippen LogP contribution is 2.20. The van der Waals surface area contributed by atoms with Crippen LogP contribution in [0.25, 0.3) is 0 Å². The summed E-state index contributed by atoms with van der Waals surface area (Å²) in [7, 11) is 0. The highest BCUT2D eigenvalue weighted by molar-refractivity contribution is 6.30. The van der Waals surface area contributed by atoms with Crippen LogP contribution in [0.4, 0.5) is 0 Å². The van der Waals surface area contributed by atoms with Gasteiger partial charge in [-0.15, -0.1) is 11.6 Å². The highest BCUT2D eigenvalue weighted by atomic mass is 35.5. The first-order chi connectivity index (χ1) is 9.16. The van der Waals surface area contributed by atoms with E-state index in [-0.39, 0.29) is 11.7 Å². The molecule has 1 atom stereocenters. The number of hydrogen-bond donors (Lipinski definition) is 2. The molecular formula is C15H14ClNO2. The molecule has 0 fully saturated rings. The van der Waals surface area contributed by atoms with E-state index in [2.05, 4.69) is 5.32 Å². The summed E-state index contributed by atoms with van der Waals surface area (Å²) >= 11 is 6.10. The Morgan fingerprint density at radius 2 is 1.74 bits per heavy atom. The number of hydrogen-bond acceptors (Lipinski definition) is 2. The molecule has 0 aliphatic rings. The summed E-state index contributed by atoms with van der Waals surface area (Å²) in [4.78, 5) is 11.9. The van der Waals surface area contributed by atoms with Crippen molar-refractivity contribution < 1.29 is 9.90 Å². The molecule has 19 heavy (non-hydrogen) atoms. The second kappa shape index (κ2) is 6.25. The summed E-state index contributed by atoms with van der Waals surface area (Å²) in [5, 5.41) is 11.2. The molecule has 2 rings (SSSR count). The van der Waals surface area contributed by atoms with E-state index in [1.807, 2.05) is 30.3 Å². The fraction of sp³-hybridized carbons (Fsp3) is 0.133. The first-order valence-corrected chi connectivity index (χ1v) is 6.35. The number of benzene rings is 2. The Labute approximate surface area is 116 Å². The van der Waals surface area contributed by atoms with Crippen molar-refractivity contribution in [3.05, 3.63) is 65.7 Å². The molecular weight excluding hydrogens is 262 g/mol. The van der Waals surface area contributed by atoms with Gasteiger partial charge in [-0.05, 0) is 23.3 Å². The van der Waals surface area contributed by atoms with Crippen molar-refractivity contribution in [3.63, 3.8) is 0 Å². The van der Waals surface area contributed by atoms with Crippen LogP contribution in [-0.2, 0) is 11.3 Å². The molecule has 0 radical (unpaired) electrons. The van der Waals surface area contributed by atoms with Crippen LogP contribution in [-0.4, -0.2) is 11.0 Å². The number of phenolic OH excluding ortho intramolecular Hbond substituents is 1. The molecule has 2 aromatic rings. The zero-order chi connectivity index (χ0) is 13.7. The molecule has 0 heterocycles. The standard InChI is InChI=1S/C15H14ClNO2/c16-14(12-4-2-1-3-5-12)15(19)17-10-11-6-8-13(18)9-7-11/h1-9,14,18H,10H2,(H,17,19). The molecule has 1 amide bonds. The summed E-state index contributed by atoms with van der Waals surface area (Å²) in [6.07, 6.45) is 0. The van der Waals surface area contributed by atoms with Crippen LogP contribution in [0.2, 0.25) is 0 Å². The first-order valence-electron chi connectivity index (χ1n) is 5.91.